The average Bonchev–Trinajstić information content (AvgIpc) is 3.34. The number of aliphatic hydroxyl groups is 1. The Morgan fingerprint density at radius 1 is 0.472 bits per heavy atom. The molecular weight excluding hydrogens is 912 g/mol. The number of nitrogens with one attached hydrogen (secondary N) is 1. The minimum atomic E-state index is -4.60. The Labute approximate surface area is 449 Å². The molecule has 2 N–H and O–H groups in total. The number of hydrogen-bond acceptors (Lipinski definition) is 6. The van der Waals surface area contributed by atoms with Crippen LogP contribution in [0.15, 0.2) is 24.3 Å². The Balaban J connectivity index is 4.14. The van der Waals surface area contributed by atoms with Gasteiger partial charge in [-0.2, -0.15) is 0 Å². The summed E-state index contributed by atoms with van der Waals surface area (Å²) in [5, 5.41) is 13.9. The second kappa shape index (κ2) is 54.8. The van der Waals surface area contributed by atoms with Crippen LogP contribution in [0.5, 0.6) is 0 Å². The molecule has 0 radical (unpaired) electrons. The van der Waals surface area contributed by atoms with Crippen molar-refractivity contribution in [2.24, 2.45) is 0 Å². The van der Waals surface area contributed by atoms with E-state index in [4.69, 9.17) is 9.05 Å². The van der Waals surface area contributed by atoms with E-state index in [0.29, 0.717) is 17.4 Å². The molecule has 0 aliphatic rings. The maximum absolute atomic E-state index is 13.0. The van der Waals surface area contributed by atoms with Crippen molar-refractivity contribution in [1.29, 1.82) is 0 Å². The van der Waals surface area contributed by atoms with Gasteiger partial charge in [0.25, 0.3) is 7.82 Å². The number of quaternary nitrogens is 1. The molecule has 3 unspecified atom stereocenters. The van der Waals surface area contributed by atoms with Crippen LogP contribution in [0.1, 0.15) is 322 Å². The van der Waals surface area contributed by atoms with Gasteiger partial charge in [0.1, 0.15) is 13.2 Å². The molecule has 1 amide bonds. The van der Waals surface area contributed by atoms with Crippen LogP contribution in [0.2, 0.25) is 0 Å². The van der Waals surface area contributed by atoms with E-state index in [1.54, 1.807) is 6.08 Å². The summed E-state index contributed by atoms with van der Waals surface area (Å²) in [6, 6.07) is -0.901. The smallest absolute Gasteiger partial charge is 0.268 e. The number of carbonyl (C=O) groups excluding carboxylic acids is 1. The summed E-state index contributed by atoms with van der Waals surface area (Å²) in [5.74, 6) is -0.200. The van der Waals surface area contributed by atoms with Crippen molar-refractivity contribution in [3.8, 4) is 0 Å². The first-order chi connectivity index (χ1) is 35.0. The third-order valence-electron chi connectivity index (χ3n) is 14.7. The van der Waals surface area contributed by atoms with Crippen LogP contribution in [-0.2, 0) is 18.4 Å². The summed E-state index contributed by atoms with van der Waals surface area (Å²) in [5.41, 5.74) is 0. The highest BCUT2D eigenvalue weighted by atomic mass is 31.2. The molecule has 0 rings (SSSR count). The van der Waals surface area contributed by atoms with Gasteiger partial charge in [0.2, 0.25) is 5.91 Å². The summed E-state index contributed by atoms with van der Waals surface area (Å²) >= 11 is 0. The third-order valence-corrected chi connectivity index (χ3v) is 15.6. The molecule has 0 saturated carbocycles. The number of likely N-dealkylation sites (N-methyl/N-ethyl adjacent to an activating group) is 1. The predicted molar refractivity (Wildman–Crippen MR) is 312 cm³/mol. The summed E-state index contributed by atoms with van der Waals surface area (Å²) in [6.07, 6.45) is 70.0. The van der Waals surface area contributed by atoms with Crippen LogP contribution in [-0.4, -0.2) is 68.5 Å². The largest absolute Gasteiger partial charge is 0.756 e. The van der Waals surface area contributed by atoms with E-state index in [2.05, 4.69) is 31.3 Å². The number of aliphatic hydroxyl groups excluding tert-OH is 1. The van der Waals surface area contributed by atoms with E-state index in [1.165, 1.54) is 263 Å². The molecule has 0 aliphatic heterocycles. The van der Waals surface area contributed by atoms with E-state index in [0.717, 1.165) is 38.5 Å². The normalized spacial score (nSPS) is 13.9. The van der Waals surface area contributed by atoms with E-state index >= 15 is 0 Å². The average molecular weight is 1040 g/mol. The quantitative estimate of drug-likeness (QED) is 0.0272. The molecule has 72 heavy (non-hydrogen) atoms. The van der Waals surface area contributed by atoms with Gasteiger partial charge < -0.3 is 28.8 Å². The van der Waals surface area contributed by atoms with E-state index < -0.39 is 20.0 Å². The molecular formula is C63H125N2O6P. The Morgan fingerprint density at radius 3 is 1.12 bits per heavy atom. The minimum Gasteiger partial charge on any atom is -0.756 e. The standard InChI is InChI=1S/C63H125N2O6P/c1-6-8-10-12-14-16-18-20-22-24-26-28-29-30-31-32-33-34-35-37-38-40-42-44-46-48-50-52-54-56-62(66)61(60-71-72(68,69)70-59-58-65(3,4)5)64-63(67)57-55-53-51-49-47-45-43-41-39-36-27-25-23-21-19-17-15-13-11-9-7-2/h46,48,54,56,61-62,66H,6-45,47,49-53,55,57-60H2,1-5H3,(H-,64,67,68,69)/b48-46+,56-54+. The van der Waals surface area contributed by atoms with Gasteiger partial charge in [-0.05, 0) is 32.1 Å². The minimum absolute atomic E-state index is 0.00357. The maximum Gasteiger partial charge on any atom is 0.268 e. The second-order valence-corrected chi connectivity index (χ2v) is 24.5. The lowest BCUT2D eigenvalue weighted by Crippen LogP contribution is -2.45. The number of rotatable bonds is 59. The Kier molecular flexibility index (Phi) is 54.0. The fourth-order valence-electron chi connectivity index (χ4n) is 9.70. The van der Waals surface area contributed by atoms with Crippen LogP contribution in [0.3, 0.4) is 0 Å². The molecule has 8 nitrogen and oxygen atoms in total. The zero-order chi connectivity index (χ0) is 52.7. The highest BCUT2D eigenvalue weighted by molar-refractivity contribution is 7.45. The van der Waals surface area contributed by atoms with Crippen LogP contribution in [0, 0.1) is 0 Å². The van der Waals surface area contributed by atoms with Gasteiger partial charge in [0.15, 0.2) is 0 Å². The molecule has 0 aromatic carbocycles. The highest BCUT2D eigenvalue weighted by Gasteiger charge is 2.23. The first-order valence-corrected chi connectivity index (χ1v) is 33.2. The fraction of sp³-hybridized carbons (Fsp3) is 0.921. The SMILES string of the molecule is CCCCCCCCCCCCCCCCCCCCCCCCC/C=C/CC/C=C/C(O)C(COP(=O)([O-])OCC[N+](C)(C)C)NC(=O)CCCCCCCCCCCCCCCCCCCCCCC. The first-order valence-electron chi connectivity index (χ1n) is 31.7. The molecule has 0 spiro atoms. The molecule has 0 saturated heterocycles. The van der Waals surface area contributed by atoms with Crippen molar-refractivity contribution >= 4 is 13.7 Å². The number of unbranched alkanes of at least 4 members (excludes halogenated alkanes) is 44. The molecule has 3 atom stereocenters. The van der Waals surface area contributed by atoms with E-state index in [-0.39, 0.29) is 19.1 Å². The molecule has 0 fully saturated rings. The van der Waals surface area contributed by atoms with Crippen molar-refractivity contribution in [1.82, 2.24) is 5.32 Å². The number of allylic oxidation sites excluding steroid dienone is 3. The summed E-state index contributed by atoms with van der Waals surface area (Å²) in [7, 11) is 1.26. The maximum atomic E-state index is 13.0. The van der Waals surface area contributed by atoms with Crippen LogP contribution < -0.4 is 10.2 Å². The number of nitrogens with zero attached hydrogens (tertiary/aromatic N) is 1. The van der Waals surface area contributed by atoms with Crippen molar-refractivity contribution in [3.05, 3.63) is 24.3 Å². The van der Waals surface area contributed by atoms with Gasteiger partial charge in [-0.15, -0.1) is 0 Å². The zero-order valence-electron chi connectivity index (χ0n) is 48.9. The number of phosphoric ester groups is 1. The van der Waals surface area contributed by atoms with Crippen LogP contribution in [0.4, 0.5) is 0 Å². The topological polar surface area (TPSA) is 108 Å². The molecule has 0 aromatic heterocycles. The molecule has 0 aromatic rings. The van der Waals surface area contributed by atoms with Crippen molar-refractivity contribution in [3.63, 3.8) is 0 Å². The highest BCUT2D eigenvalue weighted by Crippen LogP contribution is 2.38. The van der Waals surface area contributed by atoms with Gasteiger partial charge >= 0.3 is 0 Å². The number of hydrogen-bond donors (Lipinski definition) is 2. The van der Waals surface area contributed by atoms with Crippen molar-refractivity contribution in [2.45, 2.75) is 334 Å². The lowest BCUT2D eigenvalue weighted by molar-refractivity contribution is -0.870. The lowest BCUT2D eigenvalue weighted by Gasteiger charge is -2.29. The fourth-order valence-corrected chi connectivity index (χ4v) is 10.4. The van der Waals surface area contributed by atoms with Gasteiger partial charge in [0, 0.05) is 6.42 Å². The van der Waals surface area contributed by atoms with Gasteiger partial charge in [0.05, 0.1) is 39.9 Å². The molecule has 0 bridgehead atoms. The predicted octanol–water partition coefficient (Wildman–Crippen LogP) is 18.9. The third kappa shape index (κ3) is 56.7. The van der Waals surface area contributed by atoms with Gasteiger partial charge in [-0.1, -0.05) is 308 Å². The number of amides is 1. The zero-order valence-corrected chi connectivity index (χ0v) is 49.8. The Morgan fingerprint density at radius 2 is 0.778 bits per heavy atom. The molecule has 428 valence electrons. The summed E-state index contributed by atoms with van der Waals surface area (Å²) < 4.78 is 23.4. The lowest BCUT2D eigenvalue weighted by atomic mass is 10.0. The van der Waals surface area contributed by atoms with E-state index in [1.807, 2.05) is 27.2 Å². The Hall–Kier alpha value is -1.02. The Bertz CT molecular complexity index is 1220. The first kappa shape index (κ1) is 71.0. The van der Waals surface area contributed by atoms with Crippen molar-refractivity contribution < 1.29 is 32.9 Å². The number of carbonyl (C=O) groups is 1. The molecule has 0 aliphatic carbocycles. The van der Waals surface area contributed by atoms with Crippen molar-refractivity contribution in [2.75, 3.05) is 40.9 Å². The van der Waals surface area contributed by atoms with Gasteiger partial charge in [-0.3, -0.25) is 9.36 Å². The van der Waals surface area contributed by atoms with Crippen LogP contribution >= 0.6 is 7.82 Å². The van der Waals surface area contributed by atoms with E-state index in [9.17, 15) is 19.4 Å². The summed E-state index contributed by atoms with van der Waals surface area (Å²) in [6.45, 7) is 4.69. The summed E-state index contributed by atoms with van der Waals surface area (Å²) in [4.78, 5) is 25.5. The number of phosphoric acid groups is 1. The van der Waals surface area contributed by atoms with Gasteiger partial charge in [-0.25, -0.2) is 0 Å². The molecule has 9 heteroatoms. The molecule has 0 heterocycles. The monoisotopic (exact) mass is 1040 g/mol. The second-order valence-electron chi connectivity index (χ2n) is 23.1. The van der Waals surface area contributed by atoms with Crippen LogP contribution in [0.25, 0.3) is 0 Å².